The first-order chi connectivity index (χ1) is 8.86. The van der Waals surface area contributed by atoms with E-state index in [2.05, 4.69) is 4.98 Å². The van der Waals surface area contributed by atoms with Crippen LogP contribution in [0.4, 0.5) is 0 Å². The number of aromatic nitrogens is 1. The minimum absolute atomic E-state index is 0.189. The average molecular weight is 261 g/mol. The summed E-state index contributed by atoms with van der Waals surface area (Å²) >= 11 is 1.50. The number of hydrogen-bond acceptors (Lipinski definition) is 5. The summed E-state index contributed by atoms with van der Waals surface area (Å²) in [6.45, 7) is 0.266. The minimum atomic E-state index is -0.189. The number of thiazole rings is 1. The molecule has 0 spiro atoms. The van der Waals surface area contributed by atoms with Gasteiger partial charge in [-0.25, -0.2) is 4.98 Å². The van der Waals surface area contributed by atoms with Gasteiger partial charge < -0.3 is 14.3 Å². The highest BCUT2D eigenvalue weighted by atomic mass is 32.1. The molecule has 0 amide bonds. The Bertz CT molecular complexity index is 553. The number of ether oxygens (including phenoxy) is 2. The van der Waals surface area contributed by atoms with Crippen LogP contribution < -0.4 is 9.47 Å². The maximum absolute atomic E-state index is 11.2. The van der Waals surface area contributed by atoms with Crippen molar-refractivity contribution in [1.82, 2.24) is 4.98 Å². The average Bonchev–Trinajstić information content (AvgIpc) is 3.06. The van der Waals surface area contributed by atoms with Gasteiger partial charge in [0, 0.05) is 11.6 Å². The first kappa shape index (κ1) is 11.2. The smallest absolute Gasteiger partial charge is 0.231 e. The third-order valence-corrected chi connectivity index (χ3v) is 3.73. The van der Waals surface area contributed by atoms with E-state index in [1.807, 2.05) is 23.6 Å². The minimum Gasteiger partial charge on any atom is -0.454 e. The van der Waals surface area contributed by atoms with Gasteiger partial charge in [-0.05, 0) is 24.1 Å². The van der Waals surface area contributed by atoms with E-state index < -0.39 is 0 Å². The van der Waals surface area contributed by atoms with E-state index in [-0.39, 0.29) is 12.7 Å². The van der Waals surface area contributed by atoms with Crippen molar-refractivity contribution in [3.05, 3.63) is 40.3 Å². The highest BCUT2D eigenvalue weighted by molar-refractivity contribution is 7.09. The Morgan fingerprint density at radius 1 is 1.39 bits per heavy atom. The van der Waals surface area contributed by atoms with Crippen LogP contribution in [-0.2, 0) is 11.2 Å². The zero-order chi connectivity index (χ0) is 12.4. The molecular weight excluding hydrogens is 250 g/mol. The number of aldehydes is 1. The maximum atomic E-state index is 11.2. The van der Waals surface area contributed by atoms with Crippen LogP contribution in [0, 0.1) is 0 Å². The molecule has 0 N–H and O–H groups in total. The number of carbonyl (C=O) groups excluding carboxylic acids is 1. The molecule has 0 fully saturated rings. The van der Waals surface area contributed by atoms with Gasteiger partial charge in [0.05, 0.1) is 5.92 Å². The van der Waals surface area contributed by atoms with Gasteiger partial charge in [0.2, 0.25) is 6.79 Å². The Balaban J connectivity index is 1.81. The third kappa shape index (κ3) is 2.09. The highest BCUT2D eigenvalue weighted by Gasteiger charge is 2.17. The topological polar surface area (TPSA) is 48.4 Å². The molecule has 5 heteroatoms. The molecule has 1 unspecified atom stereocenters. The molecule has 2 heterocycles. The number of carbonyl (C=O) groups is 1. The Morgan fingerprint density at radius 3 is 3.06 bits per heavy atom. The molecule has 3 rings (SSSR count). The van der Waals surface area contributed by atoms with Crippen LogP contribution in [-0.4, -0.2) is 18.1 Å². The number of hydrogen-bond donors (Lipinski definition) is 0. The molecule has 18 heavy (non-hydrogen) atoms. The Hall–Kier alpha value is -1.88. The Kier molecular flexibility index (Phi) is 2.98. The van der Waals surface area contributed by atoms with Crippen molar-refractivity contribution >= 4 is 17.6 Å². The van der Waals surface area contributed by atoms with Crippen LogP contribution in [0.25, 0.3) is 0 Å². The summed E-state index contributed by atoms with van der Waals surface area (Å²) < 4.78 is 10.6. The summed E-state index contributed by atoms with van der Waals surface area (Å²) in [5.74, 6) is 1.32. The van der Waals surface area contributed by atoms with Gasteiger partial charge in [-0.1, -0.05) is 6.07 Å². The first-order valence-electron chi connectivity index (χ1n) is 5.60. The van der Waals surface area contributed by atoms with Gasteiger partial charge in [-0.2, -0.15) is 0 Å². The highest BCUT2D eigenvalue weighted by Crippen LogP contribution is 2.33. The van der Waals surface area contributed by atoms with Gasteiger partial charge in [0.15, 0.2) is 11.5 Å². The molecule has 2 aromatic rings. The predicted octanol–water partition coefficient (Wildman–Crippen LogP) is 2.40. The largest absolute Gasteiger partial charge is 0.454 e. The van der Waals surface area contributed by atoms with E-state index in [4.69, 9.17) is 9.47 Å². The van der Waals surface area contributed by atoms with Crippen LogP contribution in [0.5, 0.6) is 11.5 Å². The second-order valence-electron chi connectivity index (χ2n) is 4.00. The lowest BCUT2D eigenvalue weighted by molar-refractivity contribution is -0.109. The van der Waals surface area contributed by atoms with Gasteiger partial charge in [0.1, 0.15) is 11.3 Å². The van der Waals surface area contributed by atoms with Gasteiger partial charge >= 0.3 is 0 Å². The molecular formula is C13H11NO3S. The summed E-state index contributed by atoms with van der Waals surface area (Å²) in [5.41, 5.74) is 1.05. The summed E-state index contributed by atoms with van der Waals surface area (Å²) in [6.07, 6.45) is 3.30. The lowest BCUT2D eigenvalue weighted by atomic mass is 10.0. The molecule has 1 atom stereocenters. The molecule has 4 nitrogen and oxygen atoms in total. The van der Waals surface area contributed by atoms with Crippen LogP contribution in [0.15, 0.2) is 29.8 Å². The normalized spacial score (nSPS) is 14.4. The van der Waals surface area contributed by atoms with Crippen LogP contribution in [0.2, 0.25) is 0 Å². The van der Waals surface area contributed by atoms with Crippen molar-refractivity contribution in [3.63, 3.8) is 0 Å². The summed E-state index contributed by atoms with van der Waals surface area (Å²) in [4.78, 5) is 15.3. The lowest BCUT2D eigenvalue weighted by Gasteiger charge is -2.07. The number of benzene rings is 1. The summed E-state index contributed by atoms with van der Waals surface area (Å²) in [7, 11) is 0. The van der Waals surface area contributed by atoms with E-state index in [1.54, 1.807) is 6.20 Å². The molecule has 0 radical (unpaired) electrons. The number of fused-ring (bicyclic) bond motifs is 1. The predicted molar refractivity (Wildman–Crippen MR) is 67.2 cm³/mol. The molecule has 1 aliphatic heterocycles. The second kappa shape index (κ2) is 4.78. The quantitative estimate of drug-likeness (QED) is 0.793. The first-order valence-corrected chi connectivity index (χ1v) is 6.48. The maximum Gasteiger partial charge on any atom is 0.231 e. The van der Waals surface area contributed by atoms with Crippen molar-refractivity contribution < 1.29 is 14.3 Å². The summed E-state index contributed by atoms with van der Waals surface area (Å²) in [6, 6.07) is 5.76. The van der Waals surface area contributed by atoms with E-state index in [1.165, 1.54) is 11.3 Å². The molecule has 0 saturated carbocycles. The van der Waals surface area contributed by atoms with Crippen LogP contribution in [0.3, 0.4) is 0 Å². The molecule has 0 aliphatic carbocycles. The molecule has 1 aliphatic rings. The van der Waals surface area contributed by atoms with Gasteiger partial charge in [0.25, 0.3) is 0 Å². The van der Waals surface area contributed by atoms with E-state index in [0.29, 0.717) is 6.42 Å². The number of nitrogens with zero attached hydrogens (tertiary/aromatic N) is 1. The molecule has 1 aromatic heterocycles. The van der Waals surface area contributed by atoms with Crippen molar-refractivity contribution in [2.45, 2.75) is 12.3 Å². The van der Waals surface area contributed by atoms with Crippen LogP contribution >= 0.6 is 11.3 Å². The fraction of sp³-hybridized carbons (Fsp3) is 0.231. The van der Waals surface area contributed by atoms with Crippen molar-refractivity contribution in [3.8, 4) is 11.5 Å². The van der Waals surface area contributed by atoms with Crippen molar-refractivity contribution in [2.24, 2.45) is 0 Å². The monoisotopic (exact) mass is 261 g/mol. The molecule has 1 aromatic carbocycles. The van der Waals surface area contributed by atoms with Crippen LogP contribution in [0.1, 0.15) is 16.5 Å². The zero-order valence-electron chi connectivity index (χ0n) is 9.54. The fourth-order valence-corrected chi connectivity index (χ4v) is 2.63. The van der Waals surface area contributed by atoms with Crippen molar-refractivity contribution in [2.75, 3.05) is 6.79 Å². The molecule has 0 bridgehead atoms. The van der Waals surface area contributed by atoms with E-state index in [9.17, 15) is 4.79 Å². The molecule has 0 saturated heterocycles. The molecule has 92 valence electrons. The zero-order valence-corrected chi connectivity index (χ0v) is 10.4. The Labute approximate surface area is 108 Å². The van der Waals surface area contributed by atoms with Gasteiger partial charge in [-0.3, -0.25) is 0 Å². The lowest BCUT2D eigenvalue weighted by Crippen LogP contribution is -2.03. The van der Waals surface area contributed by atoms with E-state index in [0.717, 1.165) is 28.4 Å². The second-order valence-corrected chi connectivity index (χ2v) is 4.93. The third-order valence-electron chi connectivity index (χ3n) is 2.83. The van der Waals surface area contributed by atoms with Crippen molar-refractivity contribution in [1.29, 1.82) is 0 Å². The standard InChI is InChI=1S/C13H11NO3S/c15-7-10(13-14-3-4-18-13)5-9-1-2-11-12(6-9)17-8-16-11/h1-4,6-7,10H,5,8H2. The SMILES string of the molecule is O=CC(Cc1ccc2c(c1)OCO2)c1nccs1. The fourth-order valence-electron chi connectivity index (χ4n) is 1.93. The number of rotatable bonds is 4. The Morgan fingerprint density at radius 2 is 2.28 bits per heavy atom. The van der Waals surface area contributed by atoms with Gasteiger partial charge in [-0.15, -0.1) is 11.3 Å². The summed E-state index contributed by atoms with van der Waals surface area (Å²) in [5, 5.41) is 2.73. The van der Waals surface area contributed by atoms with E-state index >= 15 is 0 Å².